The quantitative estimate of drug-likeness (QED) is 0.213. The first-order valence-corrected chi connectivity index (χ1v) is 14.1. The summed E-state index contributed by atoms with van der Waals surface area (Å²) in [6, 6.07) is 17.1. The second-order valence-electron chi connectivity index (χ2n) is 10.3. The number of alkyl carbamates (subject to hydrolysis) is 1. The van der Waals surface area contributed by atoms with Gasteiger partial charge < -0.3 is 20.3 Å². The van der Waals surface area contributed by atoms with Crippen molar-refractivity contribution in [1.29, 1.82) is 0 Å². The Hall–Kier alpha value is -3.00. The zero-order valence-electron chi connectivity index (χ0n) is 23.1. The first-order chi connectivity index (χ1) is 18.2. The monoisotopic (exact) mass is 541 g/mol. The molecule has 0 aliphatic carbocycles. The molecule has 2 unspecified atom stereocenters. The third kappa shape index (κ3) is 10.8. The minimum Gasteiger partial charge on any atom is -0.444 e. The number of nitrogens with zero attached hydrogens (tertiary/aromatic N) is 1. The van der Waals surface area contributed by atoms with E-state index >= 15 is 0 Å². The van der Waals surface area contributed by atoms with E-state index in [0.717, 1.165) is 37.7 Å². The molecule has 38 heavy (non-hydrogen) atoms. The van der Waals surface area contributed by atoms with Gasteiger partial charge in [0, 0.05) is 18.8 Å². The van der Waals surface area contributed by atoms with E-state index in [1.165, 1.54) is 0 Å². The fraction of sp³-hybridized carbons (Fsp3) is 0.500. The van der Waals surface area contributed by atoms with E-state index in [-0.39, 0.29) is 17.6 Å². The van der Waals surface area contributed by atoms with Crippen LogP contribution < -0.4 is 10.6 Å². The first kappa shape index (κ1) is 31.2. The second-order valence-corrected chi connectivity index (χ2v) is 10.7. The average Bonchev–Trinajstić information content (AvgIpc) is 2.89. The van der Waals surface area contributed by atoms with E-state index in [9.17, 15) is 14.4 Å². The molecule has 0 radical (unpaired) electrons. The molecule has 2 rings (SSSR count). The Morgan fingerprint density at radius 2 is 1.53 bits per heavy atom. The van der Waals surface area contributed by atoms with Crippen molar-refractivity contribution in [2.45, 2.75) is 84.0 Å². The molecular weight excluding hydrogens is 498 g/mol. The Balaban J connectivity index is 2.34. The van der Waals surface area contributed by atoms with Gasteiger partial charge in [-0.3, -0.25) is 9.59 Å². The third-order valence-electron chi connectivity index (χ3n) is 5.94. The van der Waals surface area contributed by atoms with Crippen LogP contribution in [0.2, 0.25) is 0 Å². The highest BCUT2D eigenvalue weighted by Gasteiger charge is 2.35. The van der Waals surface area contributed by atoms with Gasteiger partial charge in [-0.2, -0.15) is 12.6 Å². The molecule has 7 nitrogen and oxygen atoms in total. The molecular formula is C30H43N3O4S. The summed E-state index contributed by atoms with van der Waals surface area (Å²) in [4.78, 5) is 41.7. The molecule has 0 aromatic heterocycles. The van der Waals surface area contributed by atoms with Gasteiger partial charge in [-0.05, 0) is 38.3 Å². The molecule has 208 valence electrons. The van der Waals surface area contributed by atoms with E-state index in [2.05, 4.69) is 30.2 Å². The van der Waals surface area contributed by atoms with Crippen LogP contribution in [-0.4, -0.2) is 46.7 Å². The van der Waals surface area contributed by atoms with Gasteiger partial charge in [0.25, 0.3) is 0 Å². The average molecular weight is 542 g/mol. The van der Waals surface area contributed by atoms with Crippen molar-refractivity contribution >= 4 is 30.5 Å². The summed E-state index contributed by atoms with van der Waals surface area (Å²) in [5.41, 5.74) is 0.956. The van der Waals surface area contributed by atoms with Crippen LogP contribution in [0.3, 0.4) is 0 Å². The van der Waals surface area contributed by atoms with Crippen molar-refractivity contribution in [2.75, 3.05) is 12.3 Å². The van der Waals surface area contributed by atoms with Gasteiger partial charge in [-0.1, -0.05) is 93.3 Å². The van der Waals surface area contributed by atoms with Crippen LogP contribution in [0.15, 0.2) is 60.7 Å². The number of amides is 3. The highest BCUT2D eigenvalue weighted by atomic mass is 32.1. The van der Waals surface area contributed by atoms with Crippen LogP contribution in [0.5, 0.6) is 0 Å². The SMILES string of the molecule is CCCCCCCN(C(=O)C(CS)NC(=O)OC(C)(C)C)C(C(=O)NCc1ccccc1)c1ccccc1. The lowest BCUT2D eigenvalue weighted by Gasteiger charge is -2.34. The van der Waals surface area contributed by atoms with E-state index in [4.69, 9.17) is 4.74 Å². The van der Waals surface area contributed by atoms with E-state index < -0.39 is 23.8 Å². The van der Waals surface area contributed by atoms with E-state index in [1.54, 1.807) is 25.7 Å². The van der Waals surface area contributed by atoms with Crippen LogP contribution in [0.1, 0.15) is 77.0 Å². The zero-order valence-corrected chi connectivity index (χ0v) is 24.0. The zero-order chi connectivity index (χ0) is 28.0. The number of carbonyl (C=O) groups excluding carboxylic acids is 3. The van der Waals surface area contributed by atoms with Crippen LogP contribution in [0, 0.1) is 0 Å². The molecule has 3 amide bonds. The number of nitrogens with one attached hydrogen (secondary N) is 2. The van der Waals surface area contributed by atoms with Crippen molar-refractivity contribution in [3.8, 4) is 0 Å². The lowest BCUT2D eigenvalue weighted by Crippen LogP contribution is -2.54. The molecule has 2 atom stereocenters. The van der Waals surface area contributed by atoms with Gasteiger partial charge in [-0.15, -0.1) is 0 Å². The minimum atomic E-state index is -0.947. The molecule has 0 aliphatic rings. The van der Waals surface area contributed by atoms with Gasteiger partial charge >= 0.3 is 6.09 Å². The maximum Gasteiger partial charge on any atom is 0.408 e. The summed E-state index contributed by atoms with van der Waals surface area (Å²) in [7, 11) is 0. The number of benzene rings is 2. The third-order valence-corrected chi connectivity index (χ3v) is 6.31. The molecule has 0 aliphatic heterocycles. The standard InChI is InChI=1S/C30H43N3O4S/c1-5-6-7-8-15-20-33(28(35)25(22-38)32-29(36)37-30(2,3)4)26(24-18-13-10-14-19-24)27(34)31-21-23-16-11-9-12-17-23/h9-14,16-19,25-26,38H,5-8,15,20-22H2,1-4H3,(H,31,34)(H,32,36). The van der Waals surface area contributed by atoms with E-state index in [1.807, 2.05) is 60.7 Å². The number of ether oxygens (including phenoxy) is 1. The summed E-state index contributed by atoms with van der Waals surface area (Å²) in [6.07, 6.45) is 4.27. The molecule has 2 aromatic rings. The Morgan fingerprint density at radius 1 is 0.921 bits per heavy atom. The van der Waals surface area contributed by atoms with Gasteiger partial charge in [0.2, 0.25) is 11.8 Å². The van der Waals surface area contributed by atoms with E-state index in [0.29, 0.717) is 18.7 Å². The topological polar surface area (TPSA) is 87.7 Å². The number of thiol groups is 1. The summed E-state index contributed by atoms with van der Waals surface area (Å²) >= 11 is 4.35. The first-order valence-electron chi connectivity index (χ1n) is 13.4. The number of rotatable bonds is 14. The maximum atomic E-state index is 13.9. The maximum absolute atomic E-state index is 13.9. The molecule has 2 aromatic carbocycles. The molecule has 8 heteroatoms. The van der Waals surface area contributed by atoms with Crippen LogP contribution in [-0.2, 0) is 20.9 Å². The molecule has 0 fully saturated rings. The van der Waals surface area contributed by atoms with Crippen LogP contribution in [0.25, 0.3) is 0 Å². The normalized spacial score (nSPS) is 12.8. The van der Waals surface area contributed by atoms with Crippen LogP contribution in [0.4, 0.5) is 4.79 Å². The summed E-state index contributed by atoms with van der Waals surface area (Å²) in [5, 5.41) is 5.67. The number of unbranched alkanes of at least 4 members (excludes halogenated alkanes) is 4. The Labute approximate surface area is 233 Å². The molecule has 0 saturated carbocycles. The summed E-state index contributed by atoms with van der Waals surface area (Å²) in [6.45, 7) is 8.15. The minimum absolute atomic E-state index is 0.0670. The summed E-state index contributed by atoms with van der Waals surface area (Å²) in [5.74, 6) is -0.584. The van der Waals surface area contributed by atoms with Gasteiger partial charge in [-0.25, -0.2) is 4.79 Å². The molecule has 0 saturated heterocycles. The Bertz CT molecular complexity index is 996. The fourth-order valence-corrected chi connectivity index (χ4v) is 4.33. The fourth-order valence-electron chi connectivity index (χ4n) is 4.08. The highest BCUT2D eigenvalue weighted by Crippen LogP contribution is 2.24. The second kappa shape index (κ2) is 16.1. The van der Waals surface area contributed by atoms with Gasteiger partial charge in [0.1, 0.15) is 17.7 Å². The lowest BCUT2D eigenvalue weighted by atomic mass is 10.0. The molecule has 0 heterocycles. The number of carbonyl (C=O) groups is 3. The highest BCUT2D eigenvalue weighted by molar-refractivity contribution is 7.80. The van der Waals surface area contributed by atoms with Crippen molar-refractivity contribution in [3.05, 3.63) is 71.8 Å². The van der Waals surface area contributed by atoms with Crippen molar-refractivity contribution in [1.82, 2.24) is 15.5 Å². The molecule has 2 N–H and O–H groups in total. The number of hydrogen-bond donors (Lipinski definition) is 3. The lowest BCUT2D eigenvalue weighted by molar-refractivity contribution is -0.142. The Kier molecular flexibility index (Phi) is 13.2. The Morgan fingerprint density at radius 3 is 2.11 bits per heavy atom. The van der Waals surface area contributed by atoms with Crippen molar-refractivity contribution in [3.63, 3.8) is 0 Å². The van der Waals surface area contributed by atoms with Crippen molar-refractivity contribution < 1.29 is 19.1 Å². The van der Waals surface area contributed by atoms with Gasteiger partial charge in [0.05, 0.1) is 0 Å². The smallest absolute Gasteiger partial charge is 0.408 e. The summed E-state index contributed by atoms with van der Waals surface area (Å²) < 4.78 is 5.37. The molecule has 0 bridgehead atoms. The number of hydrogen-bond acceptors (Lipinski definition) is 5. The molecule has 0 spiro atoms. The predicted molar refractivity (Wildman–Crippen MR) is 155 cm³/mol. The van der Waals surface area contributed by atoms with Crippen LogP contribution >= 0.6 is 12.6 Å². The van der Waals surface area contributed by atoms with Gasteiger partial charge in [0.15, 0.2) is 0 Å². The van der Waals surface area contributed by atoms with Crippen molar-refractivity contribution in [2.24, 2.45) is 0 Å². The predicted octanol–water partition coefficient (Wildman–Crippen LogP) is 5.67. The largest absolute Gasteiger partial charge is 0.444 e.